The largest absolute Gasteiger partial charge is 0.284 e. The lowest BCUT2D eigenvalue weighted by Crippen LogP contribution is -1.56. The molecule has 0 amide bonds. The van der Waals surface area contributed by atoms with Crippen LogP contribution in [0.3, 0.4) is 0 Å². The summed E-state index contributed by atoms with van der Waals surface area (Å²) in [5.74, 6) is 4.67. The van der Waals surface area contributed by atoms with Gasteiger partial charge in [0.1, 0.15) is 0 Å². The lowest BCUT2D eigenvalue weighted by Gasteiger charge is -1.57. The van der Waals surface area contributed by atoms with Crippen molar-refractivity contribution in [3.63, 3.8) is 0 Å². The van der Waals surface area contributed by atoms with Crippen molar-refractivity contribution < 1.29 is 4.79 Å². The first kappa shape index (κ1) is 5.23. The van der Waals surface area contributed by atoms with Crippen LogP contribution in [0.5, 0.6) is 0 Å². The third kappa shape index (κ3) is 3.23. The highest BCUT2D eigenvalue weighted by molar-refractivity contribution is 5.73. The minimum atomic E-state index is 0.731. The van der Waals surface area contributed by atoms with Crippen molar-refractivity contribution in [3.05, 3.63) is 0 Å². The van der Waals surface area contributed by atoms with Gasteiger partial charge in [0, 0.05) is 6.42 Å². The predicted molar refractivity (Wildman–Crippen MR) is 23.8 cm³/mol. The van der Waals surface area contributed by atoms with Gasteiger partial charge in [0.05, 0.1) is 0 Å². The predicted octanol–water partition coefficient (Wildman–Crippen LogP) is 0.509. The van der Waals surface area contributed by atoms with Crippen molar-refractivity contribution in [3.8, 4) is 11.8 Å². The van der Waals surface area contributed by atoms with Crippen molar-refractivity contribution in [2.75, 3.05) is 0 Å². The molecule has 0 fully saturated rings. The first-order chi connectivity index (χ1) is 2.91. The Morgan fingerprint density at radius 1 is 1.67 bits per heavy atom. The molecule has 0 aliphatic carbocycles. The van der Waals surface area contributed by atoms with Gasteiger partial charge in [0.25, 0.3) is 6.29 Å². The van der Waals surface area contributed by atoms with Crippen molar-refractivity contribution >= 4 is 6.29 Å². The van der Waals surface area contributed by atoms with Crippen LogP contribution in [0, 0.1) is 11.8 Å². The van der Waals surface area contributed by atoms with Crippen LogP contribution in [0.4, 0.5) is 0 Å². The van der Waals surface area contributed by atoms with E-state index < -0.39 is 0 Å². The summed E-state index contributed by atoms with van der Waals surface area (Å²) in [6.07, 6.45) is 2.19. The molecule has 0 aliphatic rings. The molecule has 1 heteroatoms. The Labute approximate surface area is 37.4 Å². The first-order valence-corrected chi connectivity index (χ1v) is 1.76. The van der Waals surface area contributed by atoms with Gasteiger partial charge in [-0.3, -0.25) is 4.79 Å². The topological polar surface area (TPSA) is 17.1 Å². The summed E-state index contributed by atoms with van der Waals surface area (Å²) in [6, 6.07) is 0. The molecule has 0 aromatic carbocycles. The quantitative estimate of drug-likeness (QED) is 0.388. The maximum absolute atomic E-state index is 9.27. The molecule has 1 radical (unpaired) electrons. The molecular formula is C5H5O. The summed E-state index contributed by atoms with van der Waals surface area (Å²) in [4.78, 5) is 9.27. The van der Waals surface area contributed by atoms with E-state index in [9.17, 15) is 4.79 Å². The fourth-order valence-corrected chi connectivity index (χ4v) is 0.124. The van der Waals surface area contributed by atoms with Gasteiger partial charge in [-0.1, -0.05) is 12.8 Å². The van der Waals surface area contributed by atoms with E-state index >= 15 is 0 Å². The van der Waals surface area contributed by atoms with Gasteiger partial charge in [-0.25, -0.2) is 0 Å². The molecule has 1 nitrogen and oxygen atoms in total. The minimum Gasteiger partial charge on any atom is -0.275 e. The monoisotopic (exact) mass is 81.0 g/mol. The van der Waals surface area contributed by atoms with Gasteiger partial charge in [-0.15, -0.1) is 0 Å². The summed E-state index contributed by atoms with van der Waals surface area (Å²) < 4.78 is 0. The van der Waals surface area contributed by atoms with E-state index in [1.807, 2.05) is 6.92 Å². The standard InChI is InChI=1S/C5H5O/c1-2-3-4-5-6/h2H2,1H3. The highest BCUT2D eigenvalue weighted by Crippen LogP contribution is 1.61. The van der Waals surface area contributed by atoms with Gasteiger partial charge in [0.2, 0.25) is 0 Å². The Kier molecular flexibility index (Phi) is 3.69. The van der Waals surface area contributed by atoms with Crippen molar-refractivity contribution in [2.24, 2.45) is 0 Å². The van der Waals surface area contributed by atoms with Gasteiger partial charge in [-0.2, -0.15) is 0 Å². The van der Waals surface area contributed by atoms with Crippen molar-refractivity contribution in [1.29, 1.82) is 0 Å². The average Bonchev–Trinajstić information content (AvgIpc) is 1.61. The van der Waals surface area contributed by atoms with E-state index in [1.54, 1.807) is 0 Å². The molecule has 0 spiro atoms. The van der Waals surface area contributed by atoms with Crippen LogP contribution in [-0.4, -0.2) is 6.29 Å². The van der Waals surface area contributed by atoms with Crippen LogP contribution in [0.2, 0.25) is 0 Å². The zero-order valence-electron chi connectivity index (χ0n) is 3.62. The number of rotatable bonds is 0. The van der Waals surface area contributed by atoms with Crippen LogP contribution >= 0.6 is 0 Å². The highest BCUT2D eigenvalue weighted by atomic mass is 16.1. The van der Waals surface area contributed by atoms with Crippen molar-refractivity contribution in [1.82, 2.24) is 0 Å². The third-order valence-corrected chi connectivity index (χ3v) is 0.316. The van der Waals surface area contributed by atoms with Crippen molar-refractivity contribution in [2.45, 2.75) is 13.3 Å². The Hall–Kier alpha value is -0.770. The third-order valence-electron chi connectivity index (χ3n) is 0.316. The molecular weight excluding hydrogens is 76.1 g/mol. The van der Waals surface area contributed by atoms with E-state index in [0.717, 1.165) is 6.42 Å². The first-order valence-electron chi connectivity index (χ1n) is 1.76. The Morgan fingerprint density at radius 2 is 2.33 bits per heavy atom. The molecule has 0 N–H and O–H groups in total. The van der Waals surface area contributed by atoms with Crippen LogP contribution in [0.25, 0.3) is 0 Å². The molecule has 0 saturated carbocycles. The summed E-state index contributed by atoms with van der Waals surface area (Å²) >= 11 is 0. The van der Waals surface area contributed by atoms with Crippen LogP contribution < -0.4 is 0 Å². The number of hydrogen-bond donors (Lipinski definition) is 0. The van der Waals surface area contributed by atoms with Gasteiger partial charge >= 0.3 is 0 Å². The molecule has 0 aliphatic heterocycles. The zero-order chi connectivity index (χ0) is 4.83. The second-order valence-corrected chi connectivity index (χ2v) is 0.757. The van der Waals surface area contributed by atoms with Gasteiger partial charge < -0.3 is 0 Å². The van der Waals surface area contributed by atoms with Gasteiger partial charge in [0.15, 0.2) is 0 Å². The summed E-state index contributed by atoms with van der Waals surface area (Å²) in [7, 11) is 0. The summed E-state index contributed by atoms with van der Waals surface area (Å²) in [5, 5.41) is 0. The molecule has 0 heterocycles. The smallest absolute Gasteiger partial charge is 0.275 e. The van der Waals surface area contributed by atoms with E-state index in [1.165, 1.54) is 6.29 Å². The van der Waals surface area contributed by atoms with E-state index in [-0.39, 0.29) is 0 Å². The molecule has 0 aromatic heterocycles. The SMILES string of the molecule is CCC#C[C]=O. The van der Waals surface area contributed by atoms with Gasteiger partial charge in [-0.05, 0) is 5.92 Å². The van der Waals surface area contributed by atoms with Crippen LogP contribution in [0.1, 0.15) is 13.3 Å². The maximum atomic E-state index is 9.27. The molecule has 31 valence electrons. The van der Waals surface area contributed by atoms with Crippen LogP contribution in [0.15, 0.2) is 0 Å². The molecule has 0 aromatic rings. The highest BCUT2D eigenvalue weighted by Gasteiger charge is 1.56. The van der Waals surface area contributed by atoms with E-state index in [2.05, 4.69) is 11.8 Å². The normalized spacial score (nSPS) is 5.50. The molecule has 0 unspecified atom stereocenters. The fourth-order valence-electron chi connectivity index (χ4n) is 0.124. The fraction of sp³-hybridized carbons (Fsp3) is 0.400. The summed E-state index contributed by atoms with van der Waals surface area (Å²) in [6.45, 7) is 1.88. The van der Waals surface area contributed by atoms with E-state index in [4.69, 9.17) is 0 Å². The van der Waals surface area contributed by atoms with E-state index in [0.29, 0.717) is 0 Å². The molecule has 0 saturated heterocycles. The van der Waals surface area contributed by atoms with Crippen LogP contribution in [-0.2, 0) is 4.79 Å². The Morgan fingerprint density at radius 3 is 2.50 bits per heavy atom. The molecule has 0 bridgehead atoms. The molecule has 6 heavy (non-hydrogen) atoms. The minimum absolute atomic E-state index is 0.731. The number of carbonyl (C=O) groups excluding carboxylic acids is 1. The number of hydrogen-bond acceptors (Lipinski definition) is 1. The Bertz CT molecular complexity index is 83.8. The second kappa shape index (κ2) is 4.23. The Balaban J connectivity index is 3.13. The molecule has 0 atom stereocenters. The second-order valence-electron chi connectivity index (χ2n) is 0.757. The lowest BCUT2D eigenvalue weighted by molar-refractivity contribution is 0.565. The molecule has 0 rings (SSSR count). The lowest BCUT2D eigenvalue weighted by atomic mass is 10.5. The zero-order valence-corrected chi connectivity index (χ0v) is 3.62. The summed E-state index contributed by atoms with van der Waals surface area (Å²) in [5.41, 5.74) is 0. The average molecular weight is 81.1 g/mol. The maximum Gasteiger partial charge on any atom is 0.284 e.